The van der Waals surface area contributed by atoms with E-state index in [0.717, 1.165) is 22.3 Å². The van der Waals surface area contributed by atoms with Crippen molar-refractivity contribution in [1.82, 2.24) is 0 Å². The van der Waals surface area contributed by atoms with Crippen LogP contribution in [0.25, 0.3) is 0 Å². The minimum absolute atomic E-state index is 0.316. The van der Waals surface area contributed by atoms with E-state index in [0.29, 0.717) is 24.0 Å². The number of hydrogen-bond acceptors (Lipinski definition) is 2. The summed E-state index contributed by atoms with van der Waals surface area (Å²) in [6, 6.07) is 0. The molecule has 0 saturated carbocycles. The molecular weight excluding hydrogens is 208 g/mol. The molecule has 0 radical (unpaired) electrons. The highest BCUT2D eigenvalue weighted by Crippen LogP contribution is 2.49. The molecule has 0 aliphatic heterocycles. The second-order valence-corrected chi connectivity index (χ2v) is 4.09. The summed E-state index contributed by atoms with van der Waals surface area (Å²) in [5.74, 6) is -1.86. The van der Waals surface area contributed by atoms with Crippen LogP contribution >= 0.6 is 0 Å². The van der Waals surface area contributed by atoms with Crippen LogP contribution in [0.1, 0.15) is 12.8 Å². The van der Waals surface area contributed by atoms with Gasteiger partial charge in [-0.25, -0.2) is 9.59 Å². The first-order chi connectivity index (χ1) is 7.58. The summed E-state index contributed by atoms with van der Waals surface area (Å²) in [4.78, 5) is 21.8. The molecule has 0 atom stereocenters. The summed E-state index contributed by atoms with van der Waals surface area (Å²) in [6.07, 6.45) is 4.34. The smallest absolute Gasteiger partial charge is 0.336 e. The van der Waals surface area contributed by atoms with Gasteiger partial charge in [-0.15, -0.1) is 0 Å². The fourth-order valence-electron chi connectivity index (χ4n) is 2.51. The molecule has 2 N–H and O–H groups in total. The number of carboxylic acids is 2. The largest absolute Gasteiger partial charge is 0.478 e. The summed E-state index contributed by atoms with van der Waals surface area (Å²) < 4.78 is 0. The van der Waals surface area contributed by atoms with E-state index in [1.54, 1.807) is 12.2 Å². The molecule has 0 aromatic heterocycles. The van der Waals surface area contributed by atoms with Gasteiger partial charge >= 0.3 is 11.9 Å². The lowest BCUT2D eigenvalue weighted by Gasteiger charge is -2.04. The summed E-state index contributed by atoms with van der Waals surface area (Å²) >= 11 is 0. The van der Waals surface area contributed by atoms with Crippen LogP contribution in [-0.4, -0.2) is 22.2 Å². The van der Waals surface area contributed by atoms with Crippen molar-refractivity contribution in [1.29, 1.82) is 0 Å². The highest BCUT2D eigenvalue weighted by atomic mass is 16.4. The normalized spacial score (nSPS) is 21.2. The van der Waals surface area contributed by atoms with Crippen molar-refractivity contribution in [3.8, 4) is 0 Å². The Morgan fingerprint density at radius 2 is 1.75 bits per heavy atom. The van der Waals surface area contributed by atoms with E-state index in [1.807, 2.05) is 0 Å². The van der Waals surface area contributed by atoms with Gasteiger partial charge < -0.3 is 10.2 Å². The van der Waals surface area contributed by atoms with Crippen molar-refractivity contribution in [2.24, 2.45) is 0 Å². The van der Waals surface area contributed by atoms with E-state index in [1.165, 1.54) is 0 Å². The first kappa shape index (κ1) is 9.15. The Morgan fingerprint density at radius 3 is 2.38 bits per heavy atom. The van der Waals surface area contributed by atoms with Gasteiger partial charge in [-0.05, 0) is 40.9 Å². The van der Waals surface area contributed by atoms with Gasteiger partial charge in [0.25, 0.3) is 0 Å². The number of fused-ring (bicyclic) bond motifs is 4. The zero-order chi connectivity index (χ0) is 11.4. The SMILES string of the molecule is O=C(O)C1=CC2=C(C1)C1=CC(C(=O)O)=C2C1. The van der Waals surface area contributed by atoms with Crippen molar-refractivity contribution in [2.45, 2.75) is 12.8 Å². The maximum absolute atomic E-state index is 10.9. The van der Waals surface area contributed by atoms with Crippen LogP contribution in [0.3, 0.4) is 0 Å². The Hall–Kier alpha value is -2.10. The Balaban J connectivity index is 2.08. The number of carbonyl (C=O) groups is 2. The van der Waals surface area contributed by atoms with Crippen LogP contribution in [0.15, 0.2) is 45.6 Å². The van der Waals surface area contributed by atoms with E-state index in [-0.39, 0.29) is 0 Å². The molecule has 2 bridgehead atoms. The lowest BCUT2D eigenvalue weighted by Crippen LogP contribution is -2.01. The van der Waals surface area contributed by atoms with E-state index in [2.05, 4.69) is 0 Å². The van der Waals surface area contributed by atoms with Crippen LogP contribution in [-0.2, 0) is 9.59 Å². The van der Waals surface area contributed by atoms with Crippen molar-refractivity contribution in [3.05, 3.63) is 45.6 Å². The average molecular weight is 216 g/mol. The monoisotopic (exact) mass is 216 g/mol. The van der Waals surface area contributed by atoms with E-state index >= 15 is 0 Å². The zero-order valence-electron chi connectivity index (χ0n) is 8.28. The van der Waals surface area contributed by atoms with Crippen LogP contribution < -0.4 is 0 Å². The molecule has 4 nitrogen and oxygen atoms in total. The highest BCUT2D eigenvalue weighted by Gasteiger charge is 2.36. The Bertz CT molecular complexity index is 570. The van der Waals surface area contributed by atoms with Crippen molar-refractivity contribution >= 4 is 11.9 Å². The van der Waals surface area contributed by atoms with Gasteiger partial charge in [-0.2, -0.15) is 0 Å². The second-order valence-electron chi connectivity index (χ2n) is 4.09. The van der Waals surface area contributed by atoms with Gasteiger partial charge in [0.05, 0.1) is 5.57 Å². The maximum atomic E-state index is 10.9. The van der Waals surface area contributed by atoms with E-state index < -0.39 is 11.9 Å². The molecule has 80 valence electrons. The summed E-state index contributed by atoms with van der Waals surface area (Å²) in [7, 11) is 0. The van der Waals surface area contributed by atoms with Crippen LogP contribution in [0.5, 0.6) is 0 Å². The maximum Gasteiger partial charge on any atom is 0.336 e. The van der Waals surface area contributed by atoms with Crippen molar-refractivity contribution in [2.75, 3.05) is 0 Å². The molecule has 4 heteroatoms. The highest BCUT2D eigenvalue weighted by molar-refractivity contribution is 5.98. The molecule has 0 heterocycles. The quantitative estimate of drug-likeness (QED) is 0.732. The molecule has 0 spiro atoms. The minimum atomic E-state index is -0.936. The molecule has 3 rings (SSSR count). The number of allylic oxidation sites excluding steroid dienone is 5. The first-order valence-corrected chi connectivity index (χ1v) is 4.92. The summed E-state index contributed by atoms with van der Waals surface area (Å²) in [6.45, 7) is 0. The third-order valence-electron chi connectivity index (χ3n) is 3.24. The molecule has 0 saturated heterocycles. The number of carboxylic acid groups (broad SMARTS) is 2. The fourth-order valence-corrected chi connectivity index (χ4v) is 2.51. The lowest BCUT2D eigenvalue weighted by atomic mass is 10.0. The predicted molar refractivity (Wildman–Crippen MR) is 54.7 cm³/mol. The van der Waals surface area contributed by atoms with Crippen LogP contribution in [0.4, 0.5) is 0 Å². The van der Waals surface area contributed by atoms with Crippen LogP contribution in [0.2, 0.25) is 0 Å². The molecule has 0 amide bonds. The predicted octanol–water partition coefficient (Wildman–Crippen LogP) is 1.42. The lowest BCUT2D eigenvalue weighted by molar-refractivity contribution is -0.133. The number of rotatable bonds is 2. The van der Waals surface area contributed by atoms with Gasteiger partial charge in [0.1, 0.15) is 0 Å². The molecule has 0 unspecified atom stereocenters. The molecule has 3 aliphatic carbocycles. The topological polar surface area (TPSA) is 74.6 Å². The second kappa shape index (κ2) is 2.72. The number of aliphatic carboxylic acids is 2. The first-order valence-electron chi connectivity index (χ1n) is 4.92. The van der Waals surface area contributed by atoms with Gasteiger partial charge in [0.15, 0.2) is 0 Å². The average Bonchev–Trinajstić information content (AvgIpc) is 2.87. The summed E-state index contributed by atoms with van der Waals surface area (Å²) in [5, 5.41) is 17.9. The van der Waals surface area contributed by atoms with Gasteiger partial charge in [0.2, 0.25) is 0 Å². The summed E-state index contributed by atoms with van der Waals surface area (Å²) in [5.41, 5.74) is 4.23. The third kappa shape index (κ3) is 0.984. The standard InChI is InChI=1S/C12H8O4/c13-11(14)6-3-7-5-1-9(8(7)4-6)10(2-5)12(15)16/h2,4H,1,3H2,(H,13,14)(H,15,16). The van der Waals surface area contributed by atoms with Crippen molar-refractivity contribution in [3.63, 3.8) is 0 Å². The van der Waals surface area contributed by atoms with Crippen molar-refractivity contribution < 1.29 is 19.8 Å². The Kier molecular flexibility index (Phi) is 1.56. The minimum Gasteiger partial charge on any atom is -0.478 e. The molecule has 16 heavy (non-hydrogen) atoms. The zero-order valence-corrected chi connectivity index (χ0v) is 8.28. The van der Waals surface area contributed by atoms with Gasteiger partial charge in [-0.3, -0.25) is 0 Å². The number of hydrogen-bond donors (Lipinski definition) is 2. The van der Waals surface area contributed by atoms with Gasteiger partial charge in [0, 0.05) is 12.0 Å². The fraction of sp³-hybridized carbons (Fsp3) is 0.167. The Morgan fingerprint density at radius 1 is 1.00 bits per heavy atom. The Labute approximate surface area is 90.9 Å². The molecule has 3 aliphatic rings. The van der Waals surface area contributed by atoms with Gasteiger partial charge in [-0.1, -0.05) is 0 Å². The van der Waals surface area contributed by atoms with E-state index in [4.69, 9.17) is 10.2 Å². The third-order valence-corrected chi connectivity index (χ3v) is 3.24. The molecular formula is C12H8O4. The molecule has 0 aromatic carbocycles. The molecule has 0 aromatic rings. The van der Waals surface area contributed by atoms with E-state index in [9.17, 15) is 9.59 Å². The molecule has 0 fully saturated rings. The van der Waals surface area contributed by atoms with Crippen LogP contribution in [0, 0.1) is 0 Å².